The van der Waals surface area contributed by atoms with Crippen LogP contribution in [-0.2, 0) is 4.79 Å². The van der Waals surface area contributed by atoms with Crippen LogP contribution in [0.5, 0.6) is 0 Å². The Morgan fingerprint density at radius 1 is 1.62 bits per heavy atom. The summed E-state index contributed by atoms with van der Waals surface area (Å²) in [5.41, 5.74) is 0. The molecule has 4 heteroatoms. The van der Waals surface area contributed by atoms with Gasteiger partial charge in [0.05, 0.1) is 0 Å². The molecule has 1 rings (SSSR count). The molecule has 1 aliphatic rings. The summed E-state index contributed by atoms with van der Waals surface area (Å²) in [6.45, 7) is 5.33. The van der Waals surface area contributed by atoms with Crippen LogP contribution in [0.3, 0.4) is 0 Å². The SMILES string of the molecule is CCCC(C)N(C)C(=O)CC1CSCCN1. The zero-order chi connectivity index (χ0) is 12.0. The Kier molecular flexibility index (Phi) is 6.21. The van der Waals surface area contributed by atoms with Crippen molar-refractivity contribution in [2.75, 3.05) is 25.1 Å². The summed E-state index contributed by atoms with van der Waals surface area (Å²) < 4.78 is 0. The Bertz CT molecular complexity index is 217. The molecule has 1 saturated heterocycles. The minimum Gasteiger partial charge on any atom is -0.343 e. The predicted molar refractivity (Wildman–Crippen MR) is 70.9 cm³/mol. The number of rotatable bonds is 5. The van der Waals surface area contributed by atoms with Crippen LogP contribution >= 0.6 is 11.8 Å². The lowest BCUT2D eigenvalue weighted by molar-refractivity contribution is -0.132. The van der Waals surface area contributed by atoms with E-state index < -0.39 is 0 Å². The van der Waals surface area contributed by atoms with Crippen LogP contribution in [0.15, 0.2) is 0 Å². The van der Waals surface area contributed by atoms with Gasteiger partial charge in [0.1, 0.15) is 0 Å². The predicted octanol–water partition coefficient (Wildman–Crippen LogP) is 1.73. The van der Waals surface area contributed by atoms with Gasteiger partial charge >= 0.3 is 0 Å². The summed E-state index contributed by atoms with van der Waals surface area (Å²) in [6.07, 6.45) is 2.88. The topological polar surface area (TPSA) is 32.3 Å². The number of carbonyl (C=O) groups is 1. The second-order valence-corrected chi connectivity index (χ2v) is 5.72. The number of hydrogen-bond donors (Lipinski definition) is 1. The van der Waals surface area contributed by atoms with E-state index in [0.29, 0.717) is 18.5 Å². The van der Waals surface area contributed by atoms with Crippen molar-refractivity contribution in [2.45, 2.75) is 45.2 Å². The summed E-state index contributed by atoms with van der Waals surface area (Å²) in [7, 11) is 1.93. The van der Waals surface area contributed by atoms with Crippen LogP contribution in [-0.4, -0.2) is 48.0 Å². The fourth-order valence-corrected chi connectivity index (χ4v) is 2.91. The Morgan fingerprint density at radius 2 is 2.38 bits per heavy atom. The first-order valence-corrected chi connectivity index (χ1v) is 7.37. The minimum absolute atomic E-state index is 0.279. The molecule has 0 spiro atoms. The molecule has 0 aromatic rings. The Balaban J connectivity index is 2.32. The van der Waals surface area contributed by atoms with Crippen LogP contribution in [0.1, 0.15) is 33.1 Å². The van der Waals surface area contributed by atoms with Crippen molar-refractivity contribution in [3.63, 3.8) is 0 Å². The average Bonchev–Trinajstić information content (AvgIpc) is 2.29. The number of nitrogens with one attached hydrogen (secondary N) is 1. The van der Waals surface area contributed by atoms with Crippen molar-refractivity contribution >= 4 is 17.7 Å². The van der Waals surface area contributed by atoms with E-state index in [0.717, 1.165) is 25.1 Å². The van der Waals surface area contributed by atoms with E-state index in [2.05, 4.69) is 19.2 Å². The van der Waals surface area contributed by atoms with Gasteiger partial charge in [-0.25, -0.2) is 0 Å². The molecule has 0 aromatic heterocycles. The summed E-state index contributed by atoms with van der Waals surface area (Å²) in [6, 6.07) is 0.747. The molecule has 0 saturated carbocycles. The smallest absolute Gasteiger partial charge is 0.224 e. The first-order chi connectivity index (χ1) is 7.65. The summed E-state index contributed by atoms with van der Waals surface area (Å²) in [4.78, 5) is 13.9. The number of nitrogens with zero attached hydrogens (tertiary/aromatic N) is 1. The largest absolute Gasteiger partial charge is 0.343 e. The molecule has 94 valence electrons. The molecular formula is C12H24N2OS. The quantitative estimate of drug-likeness (QED) is 0.799. The maximum atomic E-state index is 12.0. The molecule has 1 heterocycles. The Labute approximate surface area is 103 Å². The maximum Gasteiger partial charge on any atom is 0.224 e. The summed E-state index contributed by atoms with van der Waals surface area (Å²) >= 11 is 1.94. The molecule has 1 aliphatic heterocycles. The normalized spacial score (nSPS) is 22.8. The number of carbonyl (C=O) groups excluding carboxylic acids is 1. The third-order valence-corrected chi connectivity index (χ3v) is 4.31. The lowest BCUT2D eigenvalue weighted by Crippen LogP contribution is -2.43. The molecule has 16 heavy (non-hydrogen) atoms. The summed E-state index contributed by atoms with van der Waals surface area (Å²) in [5.74, 6) is 2.52. The van der Waals surface area contributed by atoms with E-state index in [-0.39, 0.29) is 5.91 Å². The van der Waals surface area contributed by atoms with E-state index in [1.807, 2.05) is 23.7 Å². The van der Waals surface area contributed by atoms with E-state index in [4.69, 9.17) is 0 Å². The van der Waals surface area contributed by atoms with Crippen LogP contribution in [0.25, 0.3) is 0 Å². The lowest BCUT2D eigenvalue weighted by Gasteiger charge is -2.28. The molecule has 0 aliphatic carbocycles. The highest BCUT2D eigenvalue weighted by Gasteiger charge is 2.21. The van der Waals surface area contributed by atoms with E-state index >= 15 is 0 Å². The Morgan fingerprint density at radius 3 is 2.94 bits per heavy atom. The molecule has 2 atom stereocenters. The van der Waals surface area contributed by atoms with Crippen LogP contribution in [0.2, 0.25) is 0 Å². The van der Waals surface area contributed by atoms with Gasteiger partial charge in [-0.3, -0.25) is 4.79 Å². The first-order valence-electron chi connectivity index (χ1n) is 6.22. The van der Waals surface area contributed by atoms with Crippen molar-refractivity contribution < 1.29 is 4.79 Å². The third-order valence-electron chi connectivity index (χ3n) is 3.18. The molecule has 1 fully saturated rings. The van der Waals surface area contributed by atoms with Gasteiger partial charge in [-0.15, -0.1) is 0 Å². The van der Waals surface area contributed by atoms with Crippen molar-refractivity contribution in [3.05, 3.63) is 0 Å². The maximum absolute atomic E-state index is 12.0. The van der Waals surface area contributed by atoms with Crippen molar-refractivity contribution in [3.8, 4) is 0 Å². The molecule has 1 N–H and O–H groups in total. The molecule has 0 radical (unpaired) electrons. The first kappa shape index (κ1) is 13.8. The Hall–Kier alpha value is -0.220. The van der Waals surface area contributed by atoms with Gasteiger partial charge in [-0.05, 0) is 13.3 Å². The molecular weight excluding hydrogens is 220 g/mol. The van der Waals surface area contributed by atoms with Gasteiger partial charge in [0.15, 0.2) is 0 Å². The highest BCUT2D eigenvalue weighted by molar-refractivity contribution is 7.99. The minimum atomic E-state index is 0.279. The summed E-state index contributed by atoms with van der Waals surface area (Å²) in [5, 5.41) is 3.41. The van der Waals surface area contributed by atoms with Gasteiger partial charge in [0.2, 0.25) is 5.91 Å². The molecule has 1 amide bonds. The fourth-order valence-electron chi connectivity index (χ4n) is 1.96. The van der Waals surface area contributed by atoms with Crippen LogP contribution < -0.4 is 5.32 Å². The van der Waals surface area contributed by atoms with E-state index in [1.165, 1.54) is 5.75 Å². The van der Waals surface area contributed by atoms with Crippen molar-refractivity contribution in [1.82, 2.24) is 10.2 Å². The molecule has 0 aromatic carbocycles. The fraction of sp³-hybridized carbons (Fsp3) is 0.917. The number of thioether (sulfide) groups is 1. The van der Waals surface area contributed by atoms with Crippen LogP contribution in [0, 0.1) is 0 Å². The molecule has 0 bridgehead atoms. The van der Waals surface area contributed by atoms with E-state index in [9.17, 15) is 4.79 Å². The monoisotopic (exact) mass is 244 g/mol. The molecule has 3 nitrogen and oxygen atoms in total. The van der Waals surface area contributed by atoms with Gasteiger partial charge in [-0.1, -0.05) is 13.3 Å². The lowest BCUT2D eigenvalue weighted by atomic mass is 10.1. The van der Waals surface area contributed by atoms with Crippen molar-refractivity contribution in [1.29, 1.82) is 0 Å². The van der Waals surface area contributed by atoms with E-state index in [1.54, 1.807) is 0 Å². The highest BCUT2D eigenvalue weighted by atomic mass is 32.2. The zero-order valence-corrected chi connectivity index (χ0v) is 11.5. The number of hydrogen-bond acceptors (Lipinski definition) is 3. The standard InChI is InChI=1S/C12H24N2OS/c1-4-5-10(2)14(3)12(15)8-11-9-16-7-6-13-11/h10-11,13H,4-9H2,1-3H3. The van der Waals surface area contributed by atoms with Gasteiger partial charge in [0.25, 0.3) is 0 Å². The molecule has 2 unspecified atom stereocenters. The highest BCUT2D eigenvalue weighted by Crippen LogP contribution is 2.13. The second kappa shape index (κ2) is 7.17. The second-order valence-electron chi connectivity index (χ2n) is 4.57. The average molecular weight is 244 g/mol. The van der Waals surface area contributed by atoms with Crippen molar-refractivity contribution in [2.24, 2.45) is 0 Å². The van der Waals surface area contributed by atoms with Gasteiger partial charge in [-0.2, -0.15) is 11.8 Å². The van der Waals surface area contributed by atoms with Gasteiger partial charge in [0, 0.05) is 43.6 Å². The third kappa shape index (κ3) is 4.34. The zero-order valence-electron chi connectivity index (χ0n) is 10.7. The van der Waals surface area contributed by atoms with Gasteiger partial charge < -0.3 is 10.2 Å². The van der Waals surface area contributed by atoms with Crippen LogP contribution in [0.4, 0.5) is 0 Å². The number of amides is 1.